The van der Waals surface area contributed by atoms with Crippen LogP contribution in [0, 0.1) is 0 Å². The van der Waals surface area contributed by atoms with E-state index in [1.807, 2.05) is 19.0 Å². The van der Waals surface area contributed by atoms with Gasteiger partial charge in [-0.15, -0.1) is 10.2 Å². The lowest BCUT2D eigenvalue weighted by Crippen LogP contribution is -2.35. The van der Waals surface area contributed by atoms with Crippen LogP contribution in [0.15, 0.2) is 12.4 Å². The Labute approximate surface area is 155 Å². The molecule has 2 aromatic heterocycles. The topological polar surface area (TPSA) is 66.2 Å². The molecule has 1 fully saturated rings. The Morgan fingerprint density at radius 1 is 1.04 bits per heavy atom. The van der Waals surface area contributed by atoms with Crippen molar-refractivity contribution in [1.82, 2.24) is 29.6 Å². The lowest BCUT2D eigenvalue weighted by atomic mass is 9.96. The summed E-state index contributed by atoms with van der Waals surface area (Å²) < 4.78 is 2.29. The molecule has 1 aliphatic rings. The van der Waals surface area contributed by atoms with E-state index < -0.39 is 0 Å². The number of piperidine rings is 1. The molecule has 8 heteroatoms. The first-order valence-electron chi connectivity index (χ1n) is 9.31. The van der Waals surface area contributed by atoms with Crippen LogP contribution in [0.25, 0.3) is 0 Å². The van der Waals surface area contributed by atoms with Crippen molar-refractivity contribution in [2.75, 3.05) is 51.1 Å². The average molecular weight is 358 g/mol. The van der Waals surface area contributed by atoms with Crippen molar-refractivity contribution in [1.29, 1.82) is 0 Å². The molecule has 0 spiro atoms. The quantitative estimate of drug-likeness (QED) is 0.777. The molecule has 0 amide bonds. The molecule has 8 nitrogen and oxygen atoms in total. The molecule has 0 unspecified atom stereocenters. The zero-order valence-electron chi connectivity index (χ0n) is 16.6. The van der Waals surface area contributed by atoms with Crippen LogP contribution < -0.4 is 9.80 Å². The highest BCUT2D eigenvalue weighted by Crippen LogP contribution is 2.32. The van der Waals surface area contributed by atoms with Crippen molar-refractivity contribution in [2.45, 2.75) is 38.8 Å². The van der Waals surface area contributed by atoms with E-state index in [0.29, 0.717) is 5.92 Å². The second kappa shape index (κ2) is 7.99. The van der Waals surface area contributed by atoms with Crippen LogP contribution in [-0.2, 0) is 13.1 Å². The predicted molar refractivity (Wildman–Crippen MR) is 104 cm³/mol. The van der Waals surface area contributed by atoms with Gasteiger partial charge in [-0.2, -0.15) is 0 Å². The lowest BCUT2D eigenvalue weighted by Gasteiger charge is -2.33. The summed E-state index contributed by atoms with van der Waals surface area (Å²) in [4.78, 5) is 15.6. The molecule has 2 aromatic rings. The Kier molecular flexibility index (Phi) is 5.70. The highest BCUT2D eigenvalue weighted by atomic mass is 15.3. The van der Waals surface area contributed by atoms with Crippen molar-refractivity contribution in [3.63, 3.8) is 0 Å². The van der Waals surface area contributed by atoms with Crippen LogP contribution in [0.1, 0.15) is 37.3 Å². The van der Waals surface area contributed by atoms with Gasteiger partial charge in [-0.3, -0.25) is 0 Å². The molecule has 26 heavy (non-hydrogen) atoms. The zero-order chi connectivity index (χ0) is 18.7. The number of hydrogen-bond donors (Lipinski definition) is 0. The van der Waals surface area contributed by atoms with Gasteiger partial charge in [0.15, 0.2) is 11.6 Å². The van der Waals surface area contributed by atoms with E-state index in [4.69, 9.17) is 0 Å². The monoisotopic (exact) mass is 358 g/mol. The Morgan fingerprint density at radius 3 is 2.35 bits per heavy atom. The predicted octanol–water partition coefficient (Wildman–Crippen LogP) is 1.60. The van der Waals surface area contributed by atoms with E-state index in [0.717, 1.165) is 62.3 Å². The van der Waals surface area contributed by atoms with Gasteiger partial charge in [0.25, 0.3) is 0 Å². The molecular formula is C18H30N8. The summed E-state index contributed by atoms with van der Waals surface area (Å²) in [5.41, 5.74) is 0. The van der Waals surface area contributed by atoms with Gasteiger partial charge in [0.1, 0.15) is 11.6 Å². The van der Waals surface area contributed by atoms with Gasteiger partial charge in [0, 0.05) is 52.0 Å². The van der Waals surface area contributed by atoms with Crippen molar-refractivity contribution >= 4 is 11.6 Å². The van der Waals surface area contributed by atoms with Crippen molar-refractivity contribution in [2.24, 2.45) is 0 Å². The first-order chi connectivity index (χ1) is 12.5. The molecule has 0 atom stereocenters. The molecule has 142 valence electrons. The van der Waals surface area contributed by atoms with Gasteiger partial charge in [-0.1, -0.05) is 0 Å². The van der Waals surface area contributed by atoms with Gasteiger partial charge in [0.05, 0.1) is 6.54 Å². The fourth-order valence-corrected chi connectivity index (χ4v) is 3.61. The van der Waals surface area contributed by atoms with Crippen LogP contribution in [-0.4, -0.2) is 70.9 Å². The molecule has 0 aromatic carbocycles. The maximum Gasteiger partial charge on any atom is 0.171 e. The summed E-state index contributed by atoms with van der Waals surface area (Å²) in [6, 6.07) is 0. The van der Waals surface area contributed by atoms with Gasteiger partial charge < -0.3 is 19.3 Å². The van der Waals surface area contributed by atoms with Crippen molar-refractivity contribution < 1.29 is 0 Å². The van der Waals surface area contributed by atoms with E-state index in [1.54, 1.807) is 12.4 Å². The normalized spacial score (nSPS) is 15.7. The maximum atomic E-state index is 4.57. The summed E-state index contributed by atoms with van der Waals surface area (Å²) in [6.45, 7) is 5.84. The van der Waals surface area contributed by atoms with E-state index >= 15 is 0 Å². The molecule has 3 heterocycles. The van der Waals surface area contributed by atoms with E-state index in [-0.39, 0.29) is 0 Å². The van der Waals surface area contributed by atoms with Gasteiger partial charge in [-0.05, 0) is 33.9 Å². The number of rotatable bonds is 6. The highest BCUT2D eigenvalue weighted by molar-refractivity contribution is 5.61. The summed E-state index contributed by atoms with van der Waals surface area (Å²) >= 11 is 0. The minimum atomic E-state index is 0.453. The van der Waals surface area contributed by atoms with Crippen LogP contribution in [0.3, 0.4) is 0 Å². The van der Waals surface area contributed by atoms with Crippen molar-refractivity contribution in [3.8, 4) is 0 Å². The first kappa shape index (κ1) is 18.6. The molecule has 1 aliphatic heterocycles. The number of aromatic nitrogens is 5. The summed E-state index contributed by atoms with van der Waals surface area (Å²) in [5.74, 6) is 4.54. The standard InChI is InChI=1S/C18H30N8/c1-6-26-15(13-23(2)3)21-22-16(26)14-7-11-25(12-8-14)18-17(24(4)5)19-9-10-20-18/h9-10,14H,6-8,11-13H2,1-5H3. The number of hydrogen-bond acceptors (Lipinski definition) is 7. The SMILES string of the molecule is CCn1c(CN(C)C)nnc1C1CCN(c2nccnc2N(C)C)CC1. The van der Waals surface area contributed by atoms with Gasteiger partial charge >= 0.3 is 0 Å². The summed E-state index contributed by atoms with van der Waals surface area (Å²) in [6.07, 6.45) is 5.64. The molecule has 0 aliphatic carbocycles. The average Bonchev–Trinajstić information content (AvgIpc) is 3.03. The first-order valence-corrected chi connectivity index (χ1v) is 9.31. The highest BCUT2D eigenvalue weighted by Gasteiger charge is 2.27. The second-order valence-corrected chi connectivity index (χ2v) is 7.32. The van der Waals surface area contributed by atoms with Gasteiger partial charge in [-0.25, -0.2) is 9.97 Å². The number of anilines is 2. The number of nitrogens with zero attached hydrogens (tertiary/aromatic N) is 8. The van der Waals surface area contributed by atoms with Gasteiger partial charge in [0.2, 0.25) is 0 Å². The van der Waals surface area contributed by atoms with E-state index in [1.165, 1.54) is 0 Å². The van der Waals surface area contributed by atoms with Crippen LogP contribution >= 0.6 is 0 Å². The third-order valence-electron chi connectivity index (χ3n) is 4.87. The lowest BCUT2D eigenvalue weighted by molar-refractivity contribution is 0.377. The largest absolute Gasteiger partial charge is 0.360 e. The second-order valence-electron chi connectivity index (χ2n) is 7.32. The zero-order valence-corrected chi connectivity index (χ0v) is 16.6. The van der Waals surface area contributed by atoms with E-state index in [2.05, 4.69) is 55.6 Å². The third kappa shape index (κ3) is 3.80. The van der Waals surface area contributed by atoms with Crippen LogP contribution in [0.2, 0.25) is 0 Å². The minimum absolute atomic E-state index is 0.453. The molecule has 3 rings (SSSR count). The van der Waals surface area contributed by atoms with E-state index in [9.17, 15) is 0 Å². The van der Waals surface area contributed by atoms with Crippen LogP contribution in [0.4, 0.5) is 11.6 Å². The van der Waals surface area contributed by atoms with Crippen LogP contribution in [0.5, 0.6) is 0 Å². The molecule has 0 bridgehead atoms. The fourth-order valence-electron chi connectivity index (χ4n) is 3.61. The molecule has 0 radical (unpaired) electrons. The maximum absolute atomic E-state index is 4.57. The minimum Gasteiger partial charge on any atom is -0.360 e. The fraction of sp³-hybridized carbons (Fsp3) is 0.667. The molecule has 1 saturated heterocycles. The molecule has 0 saturated carbocycles. The smallest absolute Gasteiger partial charge is 0.171 e. The Balaban J connectivity index is 1.72. The summed E-state index contributed by atoms with van der Waals surface area (Å²) in [5, 5.41) is 8.98. The Hall–Kier alpha value is -2.22. The Morgan fingerprint density at radius 2 is 1.73 bits per heavy atom. The molecular weight excluding hydrogens is 328 g/mol. The van der Waals surface area contributed by atoms with Crippen molar-refractivity contribution in [3.05, 3.63) is 24.0 Å². The Bertz CT molecular complexity index is 716. The third-order valence-corrected chi connectivity index (χ3v) is 4.87. The molecule has 0 N–H and O–H groups in total. The summed E-state index contributed by atoms with van der Waals surface area (Å²) in [7, 11) is 8.15.